The zero-order valence-electron chi connectivity index (χ0n) is 28.8. The smallest absolute Gasteiger partial charge is 0.0543 e. The van der Waals surface area contributed by atoms with Crippen LogP contribution in [0.1, 0.15) is 49.9 Å². The Morgan fingerprint density at radius 1 is 0.400 bits per heavy atom. The Balaban J connectivity index is 1.29. The molecule has 240 valence electrons. The number of hydrogen-bond acceptors (Lipinski definition) is 2. The second-order valence-corrected chi connectivity index (χ2v) is 16.0. The Bertz CT molecular complexity index is 2560. The van der Waals surface area contributed by atoms with E-state index in [4.69, 9.17) is 0 Å². The first-order chi connectivity index (χ1) is 24.3. The van der Waals surface area contributed by atoms with Crippen LogP contribution in [0.25, 0.3) is 53.6 Å². The van der Waals surface area contributed by atoms with Crippen molar-refractivity contribution in [3.8, 4) is 33.4 Å². The van der Waals surface area contributed by atoms with Crippen LogP contribution >= 0.6 is 11.3 Å². The first kappa shape index (κ1) is 29.5. The molecular weight excluding hydrogens is 623 g/mol. The monoisotopic (exact) mass is 659 g/mol. The van der Waals surface area contributed by atoms with Crippen LogP contribution in [-0.2, 0) is 10.8 Å². The van der Waals surface area contributed by atoms with Gasteiger partial charge in [0.25, 0.3) is 0 Å². The fraction of sp³-hybridized carbons (Fsp3) is 0.125. The lowest BCUT2D eigenvalue weighted by molar-refractivity contribution is 0.660. The lowest BCUT2D eigenvalue weighted by Gasteiger charge is -2.32. The summed E-state index contributed by atoms with van der Waals surface area (Å²) in [7, 11) is 0. The van der Waals surface area contributed by atoms with Gasteiger partial charge in [0.05, 0.1) is 17.1 Å². The highest BCUT2D eigenvalue weighted by atomic mass is 32.1. The van der Waals surface area contributed by atoms with Gasteiger partial charge in [-0.2, -0.15) is 0 Å². The summed E-state index contributed by atoms with van der Waals surface area (Å²) >= 11 is 1.88. The third-order valence-electron chi connectivity index (χ3n) is 11.5. The van der Waals surface area contributed by atoms with Crippen molar-refractivity contribution in [1.29, 1.82) is 0 Å². The Hall–Kier alpha value is -5.44. The van der Waals surface area contributed by atoms with E-state index in [0.717, 1.165) is 0 Å². The summed E-state index contributed by atoms with van der Waals surface area (Å²) in [5, 5.41) is 2.65. The van der Waals surface area contributed by atoms with Crippen molar-refractivity contribution >= 4 is 48.6 Å². The molecule has 8 aromatic rings. The Morgan fingerprint density at radius 2 is 0.880 bits per heavy atom. The van der Waals surface area contributed by atoms with Crippen molar-refractivity contribution in [2.24, 2.45) is 0 Å². The SMILES string of the molecule is CC1(C)c2ccccc2-c2c(N(c3ccccc3-c3ccc4c(c3)sc3ccccc34)c3cccc4c3-c3ccccc3C4(C)C)cccc21. The Morgan fingerprint density at radius 3 is 1.52 bits per heavy atom. The number of rotatable bonds is 4. The third kappa shape index (κ3) is 4.00. The zero-order chi connectivity index (χ0) is 33.8. The minimum atomic E-state index is -0.105. The van der Waals surface area contributed by atoms with Crippen LogP contribution in [0.15, 0.2) is 152 Å². The van der Waals surface area contributed by atoms with Gasteiger partial charge in [-0.05, 0) is 69.3 Å². The largest absolute Gasteiger partial charge is 0.309 e. The first-order valence-electron chi connectivity index (χ1n) is 17.6. The van der Waals surface area contributed by atoms with Gasteiger partial charge in [0, 0.05) is 47.7 Å². The van der Waals surface area contributed by atoms with E-state index in [1.54, 1.807) is 0 Å². The molecule has 0 aliphatic heterocycles. The van der Waals surface area contributed by atoms with Crippen LogP contribution < -0.4 is 4.90 Å². The van der Waals surface area contributed by atoms with Gasteiger partial charge < -0.3 is 4.90 Å². The highest BCUT2D eigenvalue weighted by Crippen LogP contribution is 2.58. The second-order valence-electron chi connectivity index (χ2n) is 14.9. The minimum Gasteiger partial charge on any atom is -0.309 e. The molecule has 2 aliphatic rings. The van der Waals surface area contributed by atoms with Gasteiger partial charge in [0.2, 0.25) is 0 Å². The van der Waals surface area contributed by atoms with Crippen molar-refractivity contribution in [3.05, 3.63) is 174 Å². The predicted molar refractivity (Wildman–Crippen MR) is 215 cm³/mol. The maximum Gasteiger partial charge on any atom is 0.0543 e. The molecule has 0 amide bonds. The van der Waals surface area contributed by atoms with E-state index in [-0.39, 0.29) is 10.8 Å². The van der Waals surface area contributed by atoms with Crippen LogP contribution in [-0.4, -0.2) is 0 Å². The topological polar surface area (TPSA) is 3.24 Å². The molecule has 0 spiro atoms. The van der Waals surface area contributed by atoms with Crippen LogP contribution in [0.5, 0.6) is 0 Å². The van der Waals surface area contributed by atoms with Gasteiger partial charge in [-0.25, -0.2) is 0 Å². The molecule has 0 saturated heterocycles. The second kappa shape index (κ2) is 10.5. The Labute approximate surface area is 298 Å². The molecule has 50 heavy (non-hydrogen) atoms. The average Bonchev–Trinajstić information content (AvgIpc) is 3.72. The zero-order valence-corrected chi connectivity index (χ0v) is 29.6. The molecule has 2 aliphatic carbocycles. The third-order valence-corrected chi connectivity index (χ3v) is 12.6. The van der Waals surface area contributed by atoms with Gasteiger partial charge in [0.1, 0.15) is 0 Å². The lowest BCUT2D eigenvalue weighted by atomic mass is 9.82. The fourth-order valence-corrected chi connectivity index (χ4v) is 10.2. The van der Waals surface area contributed by atoms with E-state index >= 15 is 0 Å². The van der Waals surface area contributed by atoms with Crippen LogP contribution in [0.3, 0.4) is 0 Å². The molecule has 10 rings (SSSR count). The summed E-state index contributed by atoms with van der Waals surface area (Å²) < 4.78 is 2.65. The molecule has 0 unspecified atom stereocenters. The summed E-state index contributed by atoms with van der Waals surface area (Å²) in [4.78, 5) is 2.58. The lowest BCUT2D eigenvalue weighted by Crippen LogP contribution is -2.17. The van der Waals surface area contributed by atoms with Gasteiger partial charge in [0.15, 0.2) is 0 Å². The first-order valence-corrected chi connectivity index (χ1v) is 18.4. The van der Waals surface area contributed by atoms with E-state index in [2.05, 4.69) is 184 Å². The number of nitrogens with zero attached hydrogens (tertiary/aromatic N) is 1. The minimum absolute atomic E-state index is 0.105. The highest BCUT2D eigenvalue weighted by molar-refractivity contribution is 7.25. The summed E-state index contributed by atoms with van der Waals surface area (Å²) in [6.07, 6.45) is 0. The number of thiophene rings is 1. The summed E-state index contributed by atoms with van der Waals surface area (Å²) in [5.41, 5.74) is 16.7. The average molecular weight is 660 g/mol. The van der Waals surface area contributed by atoms with Gasteiger partial charge in [-0.1, -0.05) is 149 Å². The molecule has 1 nitrogen and oxygen atoms in total. The molecule has 0 atom stereocenters. The summed E-state index contributed by atoms with van der Waals surface area (Å²) in [5.74, 6) is 0. The van der Waals surface area contributed by atoms with Crippen LogP contribution in [0, 0.1) is 0 Å². The van der Waals surface area contributed by atoms with E-state index in [9.17, 15) is 0 Å². The van der Waals surface area contributed by atoms with Crippen molar-refractivity contribution < 1.29 is 0 Å². The van der Waals surface area contributed by atoms with Crippen molar-refractivity contribution in [3.63, 3.8) is 0 Å². The Kier molecular flexibility index (Phi) is 6.21. The summed E-state index contributed by atoms with van der Waals surface area (Å²) in [6.45, 7) is 9.50. The molecule has 0 saturated carbocycles. The normalized spacial score (nSPS) is 14.7. The highest BCUT2D eigenvalue weighted by Gasteiger charge is 2.41. The molecule has 0 radical (unpaired) electrons. The van der Waals surface area contributed by atoms with E-state index in [1.807, 2.05) is 11.3 Å². The molecule has 1 aromatic heterocycles. The number of anilines is 3. The number of hydrogen-bond donors (Lipinski definition) is 0. The van der Waals surface area contributed by atoms with Gasteiger partial charge >= 0.3 is 0 Å². The van der Waals surface area contributed by atoms with Gasteiger partial charge in [-0.3, -0.25) is 0 Å². The number of benzene rings is 7. The van der Waals surface area contributed by atoms with Crippen LogP contribution in [0.4, 0.5) is 17.1 Å². The quantitative estimate of drug-likeness (QED) is 0.182. The molecule has 0 bridgehead atoms. The van der Waals surface area contributed by atoms with E-state index in [0.29, 0.717) is 0 Å². The molecule has 2 heteroatoms. The number of fused-ring (bicyclic) bond motifs is 9. The standard InChI is InChI=1S/C48H37NS/c1-47(2)36-19-9-5-17-34(36)45-38(47)21-13-24-41(45)49(42-25-14-22-39-46(42)35-18-6-10-20-37(35)48(39,3)4)40-23-11-7-15-31(40)30-27-28-33-32-16-8-12-26-43(32)50-44(33)29-30/h5-29H,1-4H3. The van der Waals surface area contributed by atoms with Crippen molar-refractivity contribution in [2.45, 2.75) is 38.5 Å². The predicted octanol–water partition coefficient (Wildman–Crippen LogP) is 13.8. The van der Waals surface area contributed by atoms with Crippen molar-refractivity contribution in [1.82, 2.24) is 0 Å². The van der Waals surface area contributed by atoms with Crippen molar-refractivity contribution in [2.75, 3.05) is 4.90 Å². The number of para-hydroxylation sites is 1. The molecule has 7 aromatic carbocycles. The molecule has 1 heterocycles. The van der Waals surface area contributed by atoms with E-state index < -0.39 is 0 Å². The summed E-state index contributed by atoms with van der Waals surface area (Å²) in [6, 6.07) is 56.7. The molecule has 0 N–H and O–H groups in total. The maximum absolute atomic E-state index is 2.58. The van der Waals surface area contributed by atoms with Gasteiger partial charge in [-0.15, -0.1) is 11.3 Å². The van der Waals surface area contributed by atoms with Crippen LogP contribution in [0.2, 0.25) is 0 Å². The van der Waals surface area contributed by atoms with E-state index in [1.165, 1.54) is 92.9 Å². The molecular formula is C48H37NS. The molecule has 0 fully saturated rings. The maximum atomic E-state index is 2.58. The fourth-order valence-electron chi connectivity index (χ4n) is 9.04.